The van der Waals surface area contributed by atoms with E-state index in [1.54, 1.807) is 4.90 Å². The number of hydrogen-bond acceptors (Lipinski definition) is 8. The summed E-state index contributed by atoms with van der Waals surface area (Å²) in [6.07, 6.45) is -0.731. The van der Waals surface area contributed by atoms with Crippen LogP contribution in [0.3, 0.4) is 0 Å². The van der Waals surface area contributed by atoms with Gasteiger partial charge in [0.25, 0.3) is 0 Å². The van der Waals surface area contributed by atoms with Crippen molar-refractivity contribution in [2.24, 2.45) is 4.99 Å². The number of fused-ring (bicyclic) bond motifs is 1. The van der Waals surface area contributed by atoms with Gasteiger partial charge in [-0.15, -0.1) is 0 Å². The lowest BCUT2D eigenvalue weighted by atomic mass is 10.1. The molecule has 4 atom stereocenters. The third-order valence-electron chi connectivity index (χ3n) is 3.30. The quantitative estimate of drug-likeness (QED) is 0.493. The van der Waals surface area contributed by atoms with E-state index in [0.717, 1.165) is 0 Å². The summed E-state index contributed by atoms with van der Waals surface area (Å²) in [7, 11) is 0. The standard InChI is InChI=1S/C10H14N4O4S/c15-2-6-7(16)8(17)10(18-6)13-1-5-9(12-3-13)14(19)4-11-5/h3-4,6-8,10,15-17,19H,1-2H2/t6-,7-,8+,10-/m1/s1. The first-order valence-corrected chi connectivity index (χ1v) is 6.19. The second-order valence-corrected chi connectivity index (χ2v) is 4.94. The van der Waals surface area contributed by atoms with Crippen molar-refractivity contribution < 1.29 is 20.1 Å². The molecule has 3 N–H and O–H groups in total. The van der Waals surface area contributed by atoms with E-state index in [9.17, 15) is 10.2 Å². The summed E-state index contributed by atoms with van der Waals surface area (Å²) >= 11 is 4.16. The van der Waals surface area contributed by atoms with Crippen LogP contribution in [0.2, 0.25) is 0 Å². The molecule has 0 saturated carbocycles. The van der Waals surface area contributed by atoms with E-state index in [-0.39, 0.29) is 6.61 Å². The van der Waals surface area contributed by atoms with Gasteiger partial charge < -0.3 is 25.0 Å². The van der Waals surface area contributed by atoms with Crippen LogP contribution >= 0.6 is 12.8 Å². The maximum absolute atomic E-state index is 9.93. The number of aliphatic imine (C=N–C) groups is 1. The van der Waals surface area contributed by atoms with Crippen molar-refractivity contribution in [2.75, 3.05) is 6.61 Å². The monoisotopic (exact) mass is 286 g/mol. The van der Waals surface area contributed by atoms with Gasteiger partial charge >= 0.3 is 0 Å². The van der Waals surface area contributed by atoms with E-state index in [2.05, 4.69) is 22.8 Å². The van der Waals surface area contributed by atoms with Crippen LogP contribution in [0.4, 0.5) is 5.82 Å². The molecule has 0 bridgehead atoms. The second kappa shape index (κ2) is 4.76. The van der Waals surface area contributed by atoms with Crippen LogP contribution in [0, 0.1) is 0 Å². The lowest BCUT2D eigenvalue weighted by molar-refractivity contribution is -0.0729. The molecule has 2 aliphatic rings. The van der Waals surface area contributed by atoms with Gasteiger partial charge in [0.2, 0.25) is 0 Å². The zero-order chi connectivity index (χ0) is 13.6. The summed E-state index contributed by atoms with van der Waals surface area (Å²) < 4.78 is 6.93. The Kier molecular flexibility index (Phi) is 3.23. The molecule has 19 heavy (non-hydrogen) atoms. The van der Waals surface area contributed by atoms with Gasteiger partial charge in [0.05, 0.1) is 19.5 Å². The molecular weight excluding hydrogens is 272 g/mol. The van der Waals surface area contributed by atoms with Crippen LogP contribution in [0.1, 0.15) is 5.69 Å². The first kappa shape index (κ1) is 12.9. The molecule has 104 valence electrons. The Labute approximate surface area is 114 Å². The normalized spacial score (nSPS) is 33.8. The molecule has 0 amide bonds. The smallest absolute Gasteiger partial charge is 0.169 e. The highest BCUT2D eigenvalue weighted by atomic mass is 32.1. The Balaban J connectivity index is 1.79. The largest absolute Gasteiger partial charge is 0.394 e. The molecule has 0 radical (unpaired) electrons. The molecule has 3 rings (SSSR count). The maximum atomic E-state index is 9.93. The SMILES string of the molecule is OC[C@H]1O[C@@H](N2C=Nc3c(ncn3S)C2)[C@@H](O)[C@@H]1O. The number of hydrogen-bond donors (Lipinski definition) is 4. The fourth-order valence-corrected chi connectivity index (χ4v) is 2.49. The molecule has 1 fully saturated rings. The lowest BCUT2D eigenvalue weighted by Gasteiger charge is -2.29. The first-order valence-electron chi connectivity index (χ1n) is 5.79. The Bertz CT molecular complexity index is 508. The van der Waals surface area contributed by atoms with E-state index in [4.69, 9.17) is 9.84 Å². The fraction of sp³-hybridized carbons (Fsp3) is 0.600. The number of imidazole rings is 1. The van der Waals surface area contributed by atoms with Gasteiger partial charge in [-0.3, -0.25) is 3.97 Å². The molecule has 0 spiro atoms. The van der Waals surface area contributed by atoms with Gasteiger partial charge in [0.1, 0.15) is 30.3 Å². The minimum Gasteiger partial charge on any atom is -0.394 e. The molecule has 0 aromatic carbocycles. The predicted octanol–water partition coefficient (Wildman–Crippen LogP) is -1.51. The number of ether oxygens (including phenoxy) is 1. The Morgan fingerprint density at radius 2 is 2.21 bits per heavy atom. The van der Waals surface area contributed by atoms with Crippen molar-refractivity contribution in [1.29, 1.82) is 0 Å². The summed E-state index contributed by atoms with van der Waals surface area (Å²) in [5.74, 6) is 0.631. The highest BCUT2D eigenvalue weighted by Gasteiger charge is 2.45. The highest BCUT2D eigenvalue weighted by Crippen LogP contribution is 2.29. The molecule has 3 heterocycles. The third kappa shape index (κ3) is 2.03. The van der Waals surface area contributed by atoms with Crippen LogP contribution in [0.25, 0.3) is 0 Å². The summed E-state index contributed by atoms with van der Waals surface area (Å²) in [6, 6.07) is 0. The zero-order valence-electron chi connectivity index (χ0n) is 9.86. The number of aliphatic hydroxyl groups excluding tert-OH is 3. The lowest BCUT2D eigenvalue weighted by Crippen LogP contribution is -2.43. The van der Waals surface area contributed by atoms with Crippen LogP contribution in [0.15, 0.2) is 11.3 Å². The zero-order valence-corrected chi connectivity index (χ0v) is 10.8. The minimum atomic E-state index is -1.12. The van der Waals surface area contributed by atoms with Gasteiger partial charge in [-0.25, -0.2) is 9.98 Å². The first-order chi connectivity index (χ1) is 9.11. The average Bonchev–Trinajstić information content (AvgIpc) is 2.92. The Hall–Kier alpha value is -1.13. The molecule has 0 aliphatic carbocycles. The van der Waals surface area contributed by atoms with Gasteiger partial charge in [-0.05, 0) is 0 Å². The minimum absolute atomic E-state index is 0.351. The van der Waals surface area contributed by atoms with E-state index in [1.165, 1.54) is 16.6 Å². The van der Waals surface area contributed by atoms with E-state index < -0.39 is 24.5 Å². The molecule has 0 unspecified atom stereocenters. The van der Waals surface area contributed by atoms with Crippen molar-refractivity contribution in [3.05, 3.63) is 12.0 Å². The summed E-state index contributed by atoms with van der Waals surface area (Å²) in [4.78, 5) is 9.95. The highest BCUT2D eigenvalue weighted by molar-refractivity contribution is 7.78. The molecular formula is C10H14N4O4S. The molecule has 1 aromatic rings. The summed E-state index contributed by atoms with van der Waals surface area (Å²) in [5.41, 5.74) is 0.704. The Morgan fingerprint density at radius 1 is 1.42 bits per heavy atom. The number of thiol groups is 1. The van der Waals surface area contributed by atoms with Crippen molar-refractivity contribution in [2.45, 2.75) is 31.1 Å². The second-order valence-electron chi connectivity index (χ2n) is 4.51. The van der Waals surface area contributed by atoms with Crippen LogP contribution in [0.5, 0.6) is 0 Å². The summed E-state index contributed by atoms with van der Waals surface area (Å²) in [6.45, 7) is 0.0369. The van der Waals surface area contributed by atoms with Gasteiger partial charge in [0, 0.05) is 0 Å². The van der Waals surface area contributed by atoms with Gasteiger partial charge in [-0.2, -0.15) is 0 Å². The van der Waals surface area contributed by atoms with Gasteiger partial charge in [-0.1, -0.05) is 12.8 Å². The summed E-state index contributed by atoms with van der Waals surface area (Å²) in [5, 5.41) is 28.7. The van der Waals surface area contributed by atoms with E-state index in [0.29, 0.717) is 18.1 Å². The predicted molar refractivity (Wildman–Crippen MR) is 68.1 cm³/mol. The molecule has 1 saturated heterocycles. The van der Waals surface area contributed by atoms with Crippen molar-refractivity contribution >= 4 is 25.0 Å². The van der Waals surface area contributed by atoms with E-state index in [1.807, 2.05) is 0 Å². The number of nitrogens with zero attached hydrogens (tertiary/aromatic N) is 4. The van der Waals surface area contributed by atoms with Gasteiger partial charge in [0.15, 0.2) is 12.0 Å². The van der Waals surface area contributed by atoms with Crippen LogP contribution < -0.4 is 0 Å². The molecule has 9 heteroatoms. The number of aliphatic hydroxyl groups is 3. The number of aromatic nitrogens is 2. The van der Waals surface area contributed by atoms with Crippen molar-refractivity contribution in [3.63, 3.8) is 0 Å². The van der Waals surface area contributed by atoms with Crippen LogP contribution in [-0.4, -0.2) is 66.7 Å². The number of rotatable bonds is 2. The Morgan fingerprint density at radius 3 is 2.89 bits per heavy atom. The molecule has 8 nitrogen and oxygen atoms in total. The maximum Gasteiger partial charge on any atom is 0.169 e. The van der Waals surface area contributed by atoms with Crippen LogP contribution in [-0.2, 0) is 11.3 Å². The van der Waals surface area contributed by atoms with E-state index >= 15 is 0 Å². The van der Waals surface area contributed by atoms with Crippen molar-refractivity contribution in [3.8, 4) is 0 Å². The average molecular weight is 286 g/mol. The molecule has 2 aliphatic heterocycles. The topological polar surface area (TPSA) is 103 Å². The third-order valence-corrected chi connectivity index (χ3v) is 3.60. The fourth-order valence-electron chi connectivity index (χ4n) is 2.27. The van der Waals surface area contributed by atoms with Crippen molar-refractivity contribution in [1.82, 2.24) is 13.9 Å². The molecule has 1 aromatic heterocycles.